The van der Waals surface area contributed by atoms with Gasteiger partial charge in [0.15, 0.2) is 0 Å². The van der Waals surface area contributed by atoms with E-state index < -0.39 is 0 Å². The highest BCUT2D eigenvalue weighted by Crippen LogP contribution is 2.28. The Labute approximate surface area is 166 Å². The molecule has 26 heavy (non-hydrogen) atoms. The lowest BCUT2D eigenvalue weighted by molar-refractivity contribution is -1.05. The summed E-state index contributed by atoms with van der Waals surface area (Å²) in [5.74, 6) is 0. The van der Waals surface area contributed by atoms with Crippen LogP contribution < -0.4 is 0 Å². The molecule has 2 nitrogen and oxygen atoms in total. The van der Waals surface area contributed by atoms with Crippen LogP contribution in [0.1, 0.15) is 105 Å². The molecule has 1 aliphatic heterocycles. The van der Waals surface area contributed by atoms with Gasteiger partial charge in [-0.3, -0.25) is 0 Å². The van der Waals surface area contributed by atoms with Gasteiger partial charge in [0.25, 0.3) is 0 Å². The summed E-state index contributed by atoms with van der Waals surface area (Å²) in [6.07, 6.45) is 17.1. The van der Waals surface area contributed by atoms with E-state index in [1.807, 2.05) is 0 Å². The Morgan fingerprint density at radius 1 is 0.538 bits per heavy atom. The number of hydrogen-bond donors (Lipinski definition) is 0. The molecule has 0 aliphatic carbocycles. The number of unbranched alkanes of at least 4 members (excludes halogenated alkanes) is 10. The average molecular weight is 369 g/mol. The normalized spacial score (nSPS) is 32.1. The second-order valence-electron chi connectivity index (χ2n) is 10.0. The molecule has 0 bridgehead atoms. The third-order valence-electron chi connectivity index (χ3n) is 7.54. The summed E-state index contributed by atoms with van der Waals surface area (Å²) in [4.78, 5) is 0. The van der Waals surface area contributed by atoms with Crippen LogP contribution in [0.25, 0.3) is 0 Å². The summed E-state index contributed by atoms with van der Waals surface area (Å²) < 4.78 is 2.64. The number of nitrogens with zero attached hydrogens (tertiary/aromatic N) is 2. The predicted molar refractivity (Wildman–Crippen MR) is 118 cm³/mol. The number of rotatable bonds is 14. The zero-order chi connectivity index (χ0) is 19.5. The van der Waals surface area contributed by atoms with Gasteiger partial charge >= 0.3 is 0 Å². The Bertz CT molecular complexity index is 322. The first-order valence-electron chi connectivity index (χ1n) is 12.1. The van der Waals surface area contributed by atoms with E-state index in [1.165, 1.54) is 112 Å². The second kappa shape index (κ2) is 12.4. The molecular weight excluding hydrogens is 316 g/mol. The van der Waals surface area contributed by atoms with Crippen molar-refractivity contribution in [3.63, 3.8) is 0 Å². The van der Waals surface area contributed by atoms with Crippen LogP contribution in [-0.4, -0.2) is 61.3 Å². The lowest BCUT2D eigenvalue weighted by atomic mass is 9.99. The van der Waals surface area contributed by atoms with E-state index >= 15 is 0 Å². The van der Waals surface area contributed by atoms with Crippen molar-refractivity contribution in [2.24, 2.45) is 0 Å². The highest BCUT2D eigenvalue weighted by Gasteiger charge is 2.46. The molecule has 0 aromatic rings. The molecule has 0 N–H and O–H groups in total. The Morgan fingerprint density at radius 2 is 0.846 bits per heavy atom. The topological polar surface area (TPSA) is 0 Å². The zero-order valence-corrected chi connectivity index (χ0v) is 19.4. The molecule has 1 aliphatic rings. The molecule has 0 radical (unpaired) electrons. The molecule has 1 heterocycles. The van der Waals surface area contributed by atoms with E-state index in [4.69, 9.17) is 0 Å². The van der Waals surface area contributed by atoms with E-state index in [-0.39, 0.29) is 0 Å². The summed E-state index contributed by atoms with van der Waals surface area (Å²) in [6.45, 7) is 15.2. The first kappa shape index (κ1) is 24.0. The Morgan fingerprint density at radius 3 is 1.19 bits per heavy atom. The molecule has 0 spiro atoms. The van der Waals surface area contributed by atoms with Crippen LogP contribution in [-0.2, 0) is 0 Å². The van der Waals surface area contributed by atoms with Gasteiger partial charge in [-0.15, -0.1) is 0 Å². The van der Waals surface area contributed by atoms with E-state index in [0.29, 0.717) is 0 Å². The van der Waals surface area contributed by atoms with Gasteiger partial charge in [0.05, 0.1) is 27.2 Å². The van der Waals surface area contributed by atoms with Crippen molar-refractivity contribution in [1.29, 1.82) is 0 Å². The third-order valence-corrected chi connectivity index (χ3v) is 7.54. The molecule has 0 aromatic heterocycles. The fraction of sp³-hybridized carbons (Fsp3) is 1.00. The van der Waals surface area contributed by atoms with Crippen LogP contribution in [0.2, 0.25) is 0 Å². The van der Waals surface area contributed by atoms with E-state index in [2.05, 4.69) is 41.8 Å². The van der Waals surface area contributed by atoms with Crippen LogP contribution in [0, 0.1) is 0 Å². The number of hydrogen-bond acceptors (Lipinski definition) is 0. The van der Waals surface area contributed by atoms with Crippen molar-refractivity contribution >= 4 is 0 Å². The highest BCUT2D eigenvalue weighted by atomic mass is 15.5. The van der Waals surface area contributed by atoms with E-state index in [9.17, 15) is 0 Å². The van der Waals surface area contributed by atoms with E-state index in [1.54, 1.807) is 0 Å². The first-order valence-corrected chi connectivity index (χ1v) is 12.1. The molecule has 0 saturated carbocycles. The number of quaternary nitrogens is 2. The van der Waals surface area contributed by atoms with Crippen molar-refractivity contribution in [2.45, 2.75) is 117 Å². The van der Waals surface area contributed by atoms with E-state index in [0.717, 1.165) is 12.1 Å². The molecule has 0 amide bonds. The van der Waals surface area contributed by atoms with Crippen molar-refractivity contribution in [3.05, 3.63) is 0 Å². The van der Waals surface area contributed by atoms with Gasteiger partial charge in [-0.25, -0.2) is 0 Å². The fourth-order valence-electron chi connectivity index (χ4n) is 5.09. The van der Waals surface area contributed by atoms with Gasteiger partial charge in [-0.1, -0.05) is 65.2 Å². The molecule has 4 unspecified atom stereocenters. The van der Waals surface area contributed by atoms with Gasteiger partial charge in [0.2, 0.25) is 0 Å². The van der Waals surface area contributed by atoms with Crippen molar-refractivity contribution in [1.82, 2.24) is 0 Å². The second-order valence-corrected chi connectivity index (χ2v) is 10.0. The summed E-state index contributed by atoms with van der Waals surface area (Å²) in [6, 6.07) is 1.62. The standard InChI is InChI=1S/C24H52N2/c1-7-9-11-13-15-17-19-25(5)21-24(4)26(6,22-23(25)3)20-18-16-14-12-10-8-2/h23-24H,7-22H2,1-6H3/q+2. The van der Waals surface area contributed by atoms with Gasteiger partial charge in [-0.2, -0.15) is 0 Å². The molecule has 156 valence electrons. The van der Waals surface area contributed by atoms with Crippen molar-refractivity contribution < 1.29 is 8.97 Å². The highest BCUT2D eigenvalue weighted by molar-refractivity contribution is 4.66. The van der Waals surface area contributed by atoms with Crippen LogP contribution in [0.15, 0.2) is 0 Å². The number of likely N-dealkylation sites (N-methyl/N-ethyl adjacent to an activating group) is 2. The van der Waals surface area contributed by atoms with Crippen molar-refractivity contribution in [2.75, 3.05) is 40.3 Å². The first-order chi connectivity index (χ1) is 12.4. The average Bonchev–Trinajstić information content (AvgIpc) is 2.60. The Balaban J connectivity index is 2.36. The lowest BCUT2D eigenvalue weighted by Crippen LogP contribution is -2.72. The quantitative estimate of drug-likeness (QED) is 0.246. The summed E-state index contributed by atoms with van der Waals surface area (Å²) in [7, 11) is 5.09. The lowest BCUT2D eigenvalue weighted by Gasteiger charge is -2.54. The Kier molecular flexibility index (Phi) is 11.4. The molecular formula is C24H52N2+2. The van der Waals surface area contributed by atoms with Gasteiger partial charge in [0, 0.05) is 0 Å². The molecule has 1 saturated heterocycles. The minimum atomic E-state index is 0.812. The van der Waals surface area contributed by atoms with Gasteiger partial charge in [-0.05, 0) is 39.5 Å². The Hall–Kier alpha value is -0.0800. The molecule has 1 rings (SSSR count). The molecule has 2 heteroatoms. The maximum atomic E-state index is 2.54. The van der Waals surface area contributed by atoms with Crippen LogP contribution in [0.4, 0.5) is 0 Å². The summed E-state index contributed by atoms with van der Waals surface area (Å²) in [5, 5.41) is 0. The predicted octanol–water partition coefficient (Wildman–Crippen LogP) is 6.39. The fourth-order valence-corrected chi connectivity index (χ4v) is 5.09. The molecule has 0 aromatic carbocycles. The largest absolute Gasteiger partial charge is 0.314 e. The summed E-state index contributed by atoms with van der Waals surface area (Å²) in [5.41, 5.74) is 0. The zero-order valence-electron chi connectivity index (χ0n) is 19.4. The minimum Gasteiger partial charge on any atom is -0.314 e. The smallest absolute Gasteiger partial charge is 0.136 e. The van der Waals surface area contributed by atoms with Crippen LogP contribution in [0.5, 0.6) is 0 Å². The molecule has 4 atom stereocenters. The minimum absolute atomic E-state index is 0.812. The maximum absolute atomic E-state index is 2.54. The van der Waals surface area contributed by atoms with Gasteiger partial charge in [0.1, 0.15) is 25.2 Å². The SMILES string of the molecule is CCCCCCCC[N+]1(C)CC(C)[N+](C)(CCCCCCCC)CC1C. The number of piperazine rings is 1. The van der Waals surface area contributed by atoms with Crippen LogP contribution in [0.3, 0.4) is 0 Å². The van der Waals surface area contributed by atoms with Gasteiger partial charge < -0.3 is 8.97 Å². The van der Waals surface area contributed by atoms with Crippen LogP contribution >= 0.6 is 0 Å². The van der Waals surface area contributed by atoms with Crippen molar-refractivity contribution in [3.8, 4) is 0 Å². The monoisotopic (exact) mass is 368 g/mol. The third kappa shape index (κ3) is 7.89. The summed E-state index contributed by atoms with van der Waals surface area (Å²) >= 11 is 0. The molecule has 1 fully saturated rings. The maximum Gasteiger partial charge on any atom is 0.136 e.